The van der Waals surface area contributed by atoms with Crippen molar-refractivity contribution in [3.05, 3.63) is 35.9 Å². The molecule has 0 saturated heterocycles. The Balaban J connectivity index is 1.92. The molecule has 2 heteroatoms. The highest BCUT2D eigenvalue weighted by molar-refractivity contribution is 6.64. The lowest BCUT2D eigenvalue weighted by Crippen LogP contribution is -1.95. The fraction of sp³-hybridized carbons (Fsp3) is 0.364. The van der Waals surface area contributed by atoms with Gasteiger partial charge in [0.15, 0.2) is 0 Å². The number of benzene rings is 1. The zero-order valence-electron chi connectivity index (χ0n) is 7.24. The Bertz CT molecular complexity index is 307. The summed E-state index contributed by atoms with van der Waals surface area (Å²) in [5.74, 6) is 0.620. The number of carbonyl (C=O) groups is 1. The van der Waals surface area contributed by atoms with E-state index in [1.54, 1.807) is 0 Å². The van der Waals surface area contributed by atoms with E-state index in [0.717, 1.165) is 12.8 Å². The summed E-state index contributed by atoms with van der Waals surface area (Å²) in [7, 11) is 0. The molecule has 13 heavy (non-hydrogen) atoms. The molecule has 1 aliphatic rings. The molecule has 0 aliphatic heterocycles. The summed E-state index contributed by atoms with van der Waals surface area (Å²) in [6.45, 7) is 0. The molecule has 1 fully saturated rings. The van der Waals surface area contributed by atoms with Gasteiger partial charge >= 0.3 is 0 Å². The zero-order valence-corrected chi connectivity index (χ0v) is 8.00. The molecule has 0 aromatic heterocycles. The Morgan fingerprint density at radius 3 is 2.62 bits per heavy atom. The molecule has 1 saturated carbocycles. The lowest BCUT2D eigenvalue weighted by Gasteiger charge is -1.97. The van der Waals surface area contributed by atoms with Crippen LogP contribution in [0, 0.1) is 11.8 Å². The first-order chi connectivity index (χ1) is 6.27. The molecule has 2 atom stereocenters. The van der Waals surface area contributed by atoms with Crippen LogP contribution in [-0.4, -0.2) is 5.24 Å². The van der Waals surface area contributed by atoms with E-state index >= 15 is 0 Å². The van der Waals surface area contributed by atoms with E-state index < -0.39 is 0 Å². The maximum Gasteiger partial charge on any atom is 0.225 e. The Morgan fingerprint density at radius 1 is 1.38 bits per heavy atom. The number of carbonyl (C=O) groups excluding carboxylic acids is 1. The second-order valence-electron chi connectivity index (χ2n) is 3.60. The average molecular weight is 195 g/mol. The molecule has 1 aromatic rings. The van der Waals surface area contributed by atoms with Gasteiger partial charge in [-0.05, 0) is 35.9 Å². The molecule has 68 valence electrons. The molecule has 2 unspecified atom stereocenters. The molecule has 2 rings (SSSR count). The second kappa shape index (κ2) is 3.51. The van der Waals surface area contributed by atoms with Crippen molar-refractivity contribution in [3.8, 4) is 0 Å². The first kappa shape index (κ1) is 8.76. The van der Waals surface area contributed by atoms with Crippen LogP contribution < -0.4 is 0 Å². The van der Waals surface area contributed by atoms with Gasteiger partial charge in [0.2, 0.25) is 5.24 Å². The molecule has 0 N–H and O–H groups in total. The topological polar surface area (TPSA) is 17.1 Å². The first-order valence-electron chi connectivity index (χ1n) is 4.50. The van der Waals surface area contributed by atoms with E-state index in [1.807, 2.05) is 18.2 Å². The van der Waals surface area contributed by atoms with Crippen LogP contribution in [-0.2, 0) is 11.2 Å². The van der Waals surface area contributed by atoms with Crippen molar-refractivity contribution in [1.82, 2.24) is 0 Å². The summed E-state index contributed by atoms with van der Waals surface area (Å²) in [4.78, 5) is 10.8. The van der Waals surface area contributed by atoms with Crippen LogP contribution in [0.25, 0.3) is 0 Å². The zero-order chi connectivity index (χ0) is 9.26. The summed E-state index contributed by atoms with van der Waals surface area (Å²) >= 11 is 5.40. The van der Waals surface area contributed by atoms with Crippen LogP contribution in [0.15, 0.2) is 30.3 Å². The number of hydrogen-bond acceptors (Lipinski definition) is 1. The molecule has 0 bridgehead atoms. The van der Waals surface area contributed by atoms with Crippen LogP contribution >= 0.6 is 11.6 Å². The van der Waals surface area contributed by atoms with E-state index in [0.29, 0.717) is 5.92 Å². The monoisotopic (exact) mass is 194 g/mol. The van der Waals surface area contributed by atoms with Gasteiger partial charge in [-0.1, -0.05) is 30.3 Å². The number of halogens is 1. The van der Waals surface area contributed by atoms with Gasteiger partial charge in [-0.25, -0.2) is 0 Å². The van der Waals surface area contributed by atoms with Gasteiger partial charge in [-0.3, -0.25) is 4.79 Å². The van der Waals surface area contributed by atoms with Gasteiger partial charge in [-0.2, -0.15) is 0 Å². The van der Waals surface area contributed by atoms with E-state index in [4.69, 9.17) is 11.6 Å². The minimum Gasteiger partial charge on any atom is -0.281 e. The van der Waals surface area contributed by atoms with Crippen molar-refractivity contribution in [2.45, 2.75) is 12.8 Å². The van der Waals surface area contributed by atoms with Gasteiger partial charge in [-0.15, -0.1) is 0 Å². The SMILES string of the molecule is O=C(Cl)C1CC1Cc1ccccc1. The van der Waals surface area contributed by atoms with Gasteiger partial charge in [0.05, 0.1) is 0 Å². The third kappa shape index (κ3) is 2.10. The minimum absolute atomic E-state index is 0.127. The van der Waals surface area contributed by atoms with E-state index in [-0.39, 0.29) is 11.2 Å². The van der Waals surface area contributed by atoms with Crippen LogP contribution in [0.2, 0.25) is 0 Å². The van der Waals surface area contributed by atoms with E-state index in [1.165, 1.54) is 5.56 Å². The highest BCUT2D eigenvalue weighted by Crippen LogP contribution is 2.42. The fourth-order valence-electron chi connectivity index (χ4n) is 1.67. The van der Waals surface area contributed by atoms with Crippen molar-refractivity contribution < 1.29 is 4.79 Å². The lowest BCUT2D eigenvalue weighted by atomic mass is 10.1. The van der Waals surface area contributed by atoms with Crippen LogP contribution in [0.1, 0.15) is 12.0 Å². The molecule has 0 amide bonds. The molecular formula is C11H11ClO. The summed E-state index contributed by atoms with van der Waals surface area (Å²) in [6.07, 6.45) is 1.96. The van der Waals surface area contributed by atoms with E-state index in [2.05, 4.69) is 12.1 Å². The number of hydrogen-bond donors (Lipinski definition) is 0. The molecule has 0 radical (unpaired) electrons. The Hall–Kier alpha value is -0.820. The Morgan fingerprint density at radius 2 is 2.08 bits per heavy atom. The Kier molecular flexibility index (Phi) is 2.36. The smallest absolute Gasteiger partial charge is 0.225 e. The number of rotatable bonds is 3. The average Bonchev–Trinajstić information content (AvgIpc) is 2.86. The van der Waals surface area contributed by atoms with Crippen LogP contribution in [0.4, 0.5) is 0 Å². The van der Waals surface area contributed by atoms with Crippen molar-refractivity contribution in [1.29, 1.82) is 0 Å². The maximum absolute atomic E-state index is 10.8. The van der Waals surface area contributed by atoms with Crippen LogP contribution in [0.5, 0.6) is 0 Å². The predicted octanol–water partition coefficient (Wildman–Crippen LogP) is 2.63. The normalized spacial score (nSPS) is 25.6. The first-order valence-corrected chi connectivity index (χ1v) is 4.88. The maximum atomic E-state index is 10.8. The standard InChI is InChI=1S/C11H11ClO/c12-11(13)10-7-9(10)6-8-4-2-1-3-5-8/h1-5,9-10H,6-7H2. The highest BCUT2D eigenvalue weighted by Gasteiger charge is 2.41. The van der Waals surface area contributed by atoms with Gasteiger partial charge in [0.25, 0.3) is 0 Å². The van der Waals surface area contributed by atoms with Gasteiger partial charge < -0.3 is 0 Å². The minimum atomic E-state index is -0.166. The van der Waals surface area contributed by atoms with E-state index in [9.17, 15) is 4.79 Å². The predicted molar refractivity (Wildman–Crippen MR) is 52.6 cm³/mol. The van der Waals surface area contributed by atoms with Crippen molar-refractivity contribution >= 4 is 16.8 Å². The highest BCUT2D eigenvalue weighted by atomic mass is 35.5. The third-order valence-electron chi connectivity index (χ3n) is 2.55. The fourth-order valence-corrected chi connectivity index (χ4v) is 1.94. The summed E-state index contributed by atoms with van der Waals surface area (Å²) < 4.78 is 0. The molecule has 1 aromatic carbocycles. The summed E-state index contributed by atoms with van der Waals surface area (Å²) in [5.41, 5.74) is 1.30. The van der Waals surface area contributed by atoms with Gasteiger partial charge in [0, 0.05) is 5.92 Å². The third-order valence-corrected chi connectivity index (χ3v) is 2.84. The molecule has 0 heterocycles. The molecule has 0 spiro atoms. The lowest BCUT2D eigenvalue weighted by molar-refractivity contribution is -0.113. The summed E-state index contributed by atoms with van der Waals surface area (Å²) in [5, 5.41) is -0.166. The van der Waals surface area contributed by atoms with Crippen molar-refractivity contribution in [3.63, 3.8) is 0 Å². The summed E-state index contributed by atoms with van der Waals surface area (Å²) in [6, 6.07) is 10.2. The van der Waals surface area contributed by atoms with Crippen molar-refractivity contribution in [2.75, 3.05) is 0 Å². The largest absolute Gasteiger partial charge is 0.281 e. The Labute approximate surface area is 82.7 Å². The van der Waals surface area contributed by atoms with Crippen LogP contribution in [0.3, 0.4) is 0 Å². The molecular weight excluding hydrogens is 184 g/mol. The molecule has 1 nitrogen and oxygen atoms in total. The molecule has 1 aliphatic carbocycles. The van der Waals surface area contributed by atoms with Gasteiger partial charge in [0.1, 0.15) is 0 Å². The van der Waals surface area contributed by atoms with Crippen molar-refractivity contribution in [2.24, 2.45) is 11.8 Å². The second-order valence-corrected chi connectivity index (χ2v) is 3.97. The quantitative estimate of drug-likeness (QED) is 0.677.